The fourth-order valence-electron chi connectivity index (χ4n) is 1.85. The van der Waals surface area contributed by atoms with Crippen LogP contribution in [0.15, 0.2) is 24.5 Å². The van der Waals surface area contributed by atoms with Gasteiger partial charge in [0.05, 0.1) is 16.9 Å². The van der Waals surface area contributed by atoms with Gasteiger partial charge in [-0.05, 0) is 18.6 Å². The number of carboxylic acids is 1. The zero-order chi connectivity index (χ0) is 14.7. The summed E-state index contributed by atoms with van der Waals surface area (Å²) in [5.74, 6) is -1.59. The molecule has 0 aliphatic heterocycles. The van der Waals surface area contributed by atoms with E-state index in [1.165, 1.54) is 12.3 Å². The van der Waals surface area contributed by atoms with Crippen molar-refractivity contribution in [3.8, 4) is 0 Å². The van der Waals surface area contributed by atoms with Gasteiger partial charge in [0, 0.05) is 19.4 Å². The Bertz CT molecular complexity index is 663. The summed E-state index contributed by atoms with van der Waals surface area (Å²) in [6, 6.07) is 3.06. The highest BCUT2D eigenvalue weighted by Gasteiger charge is 2.18. The fraction of sp³-hybridized carbons (Fsp3) is 0.231. The smallest absolute Gasteiger partial charge is 0.356 e. The monoisotopic (exact) mass is 274 g/mol. The molecule has 7 heteroatoms. The lowest BCUT2D eigenvalue weighted by Gasteiger charge is -2.06. The van der Waals surface area contributed by atoms with Crippen molar-refractivity contribution in [3.63, 3.8) is 0 Å². The number of hydrogen-bond donors (Lipinski definition) is 2. The van der Waals surface area contributed by atoms with Crippen LogP contribution in [0.1, 0.15) is 33.5 Å². The summed E-state index contributed by atoms with van der Waals surface area (Å²) < 4.78 is 1.55. The van der Waals surface area contributed by atoms with Gasteiger partial charge in [-0.15, -0.1) is 0 Å². The Morgan fingerprint density at radius 1 is 1.45 bits per heavy atom. The van der Waals surface area contributed by atoms with Gasteiger partial charge in [-0.2, -0.15) is 5.10 Å². The van der Waals surface area contributed by atoms with Crippen LogP contribution >= 0.6 is 0 Å². The molecule has 2 N–H and O–H groups in total. The maximum Gasteiger partial charge on any atom is 0.356 e. The number of nitrogens with zero attached hydrogens (tertiary/aromatic N) is 3. The van der Waals surface area contributed by atoms with Gasteiger partial charge in [0.15, 0.2) is 5.69 Å². The number of anilines is 1. The van der Waals surface area contributed by atoms with Crippen LogP contribution in [0.4, 0.5) is 5.69 Å². The first kappa shape index (κ1) is 13.7. The normalized spacial score (nSPS) is 10.3. The van der Waals surface area contributed by atoms with Gasteiger partial charge in [0.2, 0.25) is 0 Å². The van der Waals surface area contributed by atoms with Crippen LogP contribution in [0, 0.1) is 0 Å². The molecule has 2 heterocycles. The minimum atomic E-state index is -1.19. The number of aromatic carboxylic acids is 1. The Labute approximate surface area is 115 Å². The molecule has 2 aromatic heterocycles. The van der Waals surface area contributed by atoms with Crippen molar-refractivity contribution in [1.29, 1.82) is 0 Å². The molecular weight excluding hydrogens is 260 g/mol. The number of aromatic nitrogens is 3. The first-order valence-corrected chi connectivity index (χ1v) is 6.05. The summed E-state index contributed by atoms with van der Waals surface area (Å²) in [6.45, 7) is 1.89. The lowest BCUT2D eigenvalue weighted by molar-refractivity contribution is 0.0692. The molecule has 0 aromatic carbocycles. The van der Waals surface area contributed by atoms with Gasteiger partial charge >= 0.3 is 5.97 Å². The molecule has 0 fully saturated rings. The molecule has 0 bridgehead atoms. The Hall–Kier alpha value is -2.70. The first-order chi connectivity index (χ1) is 9.52. The largest absolute Gasteiger partial charge is 0.476 e. The third-order valence-corrected chi connectivity index (χ3v) is 2.74. The van der Waals surface area contributed by atoms with Crippen LogP contribution in [-0.4, -0.2) is 31.7 Å². The molecule has 0 spiro atoms. The Morgan fingerprint density at radius 3 is 2.85 bits per heavy atom. The van der Waals surface area contributed by atoms with Crippen molar-refractivity contribution in [3.05, 3.63) is 41.5 Å². The van der Waals surface area contributed by atoms with E-state index in [9.17, 15) is 9.59 Å². The molecule has 0 saturated heterocycles. The van der Waals surface area contributed by atoms with E-state index >= 15 is 0 Å². The first-order valence-electron chi connectivity index (χ1n) is 6.05. The number of pyridine rings is 1. The third-order valence-electron chi connectivity index (χ3n) is 2.74. The second-order valence-corrected chi connectivity index (χ2v) is 4.18. The average Bonchev–Trinajstić information content (AvgIpc) is 2.80. The molecule has 2 rings (SSSR count). The van der Waals surface area contributed by atoms with Gasteiger partial charge in [-0.1, -0.05) is 6.92 Å². The van der Waals surface area contributed by atoms with Crippen molar-refractivity contribution in [2.75, 3.05) is 5.32 Å². The molecule has 0 saturated carbocycles. The molecule has 0 aliphatic rings. The number of amides is 1. The molecule has 104 valence electrons. The molecular formula is C13H14N4O3. The lowest BCUT2D eigenvalue weighted by Crippen LogP contribution is -2.16. The van der Waals surface area contributed by atoms with Crippen LogP contribution in [0.25, 0.3) is 0 Å². The Morgan fingerprint density at radius 2 is 2.20 bits per heavy atom. The second-order valence-electron chi connectivity index (χ2n) is 4.18. The van der Waals surface area contributed by atoms with Crippen LogP contribution in [0.3, 0.4) is 0 Å². The summed E-state index contributed by atoms with van der Waals surface area (Å²) in [5.41, 5.74) is 1.06. The lowest BCUT2D eigenvalue weighted by atomic mass is 10.2. The molecule has 0 atom stereocenters. The van der Waals surface area contributed by atoms with Gasteiger partial charge in [-0.3, -0.25) is 9.48 Å². The third kappa shape index (κ3) is 2.66. The number of nitrogens with one attached hydrogen (secondary N) is 1. The highest BCUT2D eigenvalue weighted by Crippen LogP contribution is 2.15. The van der Waals surface area contributed by atoms with Gasteiger partial charge in [-0.25, -0.2) is 9.78 Å². The molecule has 7 nitrogen and oxygen atoms in total. The molecule has 0 radical (unpaired) electrons. The van der Waals surface area contributed by atoms with E-state index in [0.717, 1.165) is 0 Å². The summed E-state index contributed by atoms with van der Waals surface area (Å²) in [7, 11) is 1.72. The van der Waals surface area contributed by atoms with Crippen molar-refractivity contribution in [2.45, 2.75) is 13.3 Å². The van der Waals surface area contributed by atoms with E-state index in [1.54, 1.807) is 24.0 Å². The van der Waals surface area contributed by atoms with Crippen molar-refractivity contribution < 1.29 is 14.7 Å². The summed E-state index contributed by atoms with van der Waals surface area (Å²) in [6.07, 6.45) is 3.58. The van der Waals surface area contributed by atoms with Crippen LogP contribution in [0.5, 0.6) is 0 Å². The van der Waals surface area contributed by atoms with E-state index < -0.39 is 11.9 Å². The van der Waals surface area contributed by atoms with Crippen molar-refractivity contribution in [2.24, 2.45) is 7.05 Å². The maximum absolute atomic E-state index is 12.2. The Balaban J connectivity index is 2.30. The van der Waals surface area contributed by atoms with Crippen molar-refractivity contribution in [1.82, 2.24) is 14.8 Å². The van der Waals surface area contributed by atoms with Gasteiger partial charge in [0.25, 0.3) is 5.91 Å². The van der Waals surface area contributed by atoms with Gasteiger partial charge < -0.3 is 10.4 Å². The number of carbonyl (C=O) groups is 2. The minimum Gasteiger partial charge on any atom is -0.476 e. The number of carboxylic acid groups (broad SMARTS) is 1. The zero-order valence-electron chi connectivity index (χ0n) is 11.1. The minimum absolute atomic E-state index is 0.163. The summed E-state index contributed by atoms with van der Waals surface area (Å²) in [4.78, 5) is 27.0. The number of carbonyl (C=O) groups excluding carboxylic acids is 1. The predicted octanol–water partition coefficient (Wildman–Crippen LogP) is 1.33. The van der Waals surface area contributed by atoms with Crippen molar-refractivity contribution >= 4 is 17.6 Å². The fourth-order valence-corrected chi connectivity index (χ4v) is 1.85. The predicted molar refractivity (Wildman–Crippen MR) is 71.7 cm³/mol. The highest BCUT2D eigenvalue weighted by molar-refractivity contribution is 6.07. The summed E-state index contributed by atoms with van der Waals surface area (Å²) >= 11 is 0. The molecule has 1 amide bonds. The molecule has 0 aliphatic carbocycles. The SMILES string of the molecule is CCc1nn(C)cc1C(=O)Nc1cccnc1C(=O)O. The maximum atomic E-state index is 12.2. The molecule has 20 heavy (non-hydrogen) atoms. The Kier molecular flexibility index (Phi) is 3.79. The standard InChI is InChI=1S/C13H14N4O3/c1-3-9-8(7-17(2)16-9)12(18)15-10-5-4-6-14-11(10)13(19)20/h4-7H,3H2,1-2H3,(H,15,18)(H,19,20). The molecule has 0 unspecified atom stereocenters. The van der Waals surface area contributed by atoms with Gasteiger partial charge in [0.1, 0.15) is 0 Å². The zero-order valence-corrected chi connectivity index (χ0v) is 11.1. The number of aryl methyl sites for hydroxylation is 2. The topological polar surface area (TPSA) is 97.1 Å². The van der Waals surface area contributed by atoms with E-state index in [4.69, 9.17) is 5.11 Å². The molecule has 2 aromatic rings. The van der Waals surface area contributed by atoms with E-state index in [-0.39, 0.29) is 11.4 Å². The number of hydrogen-bond acceptors (Lipinski definition) is 4. The quantitative estimate of drug-likeness (QED) is 0.876. The summed E-state index contributed by atoms with van der Waals surface area (Å²) in [5, 5.41) is 15.8. The second kappa shape index (κ2) is 5.52. The van der Waals surface area contributed by atoms with Crippen LogP contribution in [0.2, 0.25) is 0 Å². The highest BCUT2D eigenvalue weighted by atomic mass is 16.4. The van der Waals surface area contributed by atoms with E-state index in [1.807, 2.05) is 6.92 Å². The average molecular weight is 274 g/mol. The van der Waals surface area contributed by atoms with Crippen LogP contribution in [-0.2, 0) is 13.5 Å². The van der Waals surface area contributed by atoms with E-state index in [2.05, 4.69) is 15.4 Å². The van der Waals surface area contributed by atoms with Crippen LogP contribution < -0.4 is 5.32 Å². The number of rotatable bonds is 4. The van der Waals surface area contributed by atoms with E-state index in [0.29, 0.717) is 17.7 Å².